The Balaban J connectivity index is 1.76. The smallest absolute Gasteiger partial charge is 0.267 e. The van der Waals surface area contributed by atoms with E-state index in [1.54, 1.807) is 7.11 Å². The normalized spacial score (nSPS) is 14.0. The number of hydrogen-bond acceptors (Lipinski definition) is 3. The summed E-state index contributed by atoms with van der Waals surface area (Å²) in [6.07, 6.45) is 4.43. The summed E-state index contributed by atoms with van der Waals surface area (Å²) in [7, 11) is 1.58. The van der Waals surface area contributed by atoms with Gasteiger partial charge in [-0.05, 0) is 34.8 Å². The first-order valence-corrected chi connectivity index (χ1v) is 7.82. The number of aromatic nitrogens is 1. The molecule has 1 aliphatic carbocycles. The van der Waals surface area contributed by atoms with E-state index >= 15 is 0 Å². The third-order valence-electron chi connectivity index (χ3n) is 3.25. The van der Waals surface area contributed by atoms with E-state index in [4.69, 9.17) is 4.74 Å². The van der Waals surface area contributed by atoms with Gasteiger partial charge in [0.05, 0.1) is 6.61 Å². The van der Waals surface area contributed by atoms with Crippen LogP contribution in [0.15, 0.2) is 16.7 Å². The van der Waals surface area contributed by atoms with Crippen molar-refractivity contribution in [3.63, 3.8) is 0 Å². The van der Waals surface area contributed by atoms with E-state index in [-0.39, 0.29) is 18.2 Å². The first kappa shape index (κ1) is 16.0. The van der Waals surface area contributed by atoms with Gasteiger partial charge in [-0.2, -0.15) is 0 Å². The molecular weight excluding hydrogens is 338 g/mol. The molecule has 0 spiro atoms. The number of nitrogens with one attached hydrogen (secondary N) is 2. The zero-order chi connectivity index (χ0) is 15.2. The molecule has 116 valence electrons. The summed E-state index contributed by atoms with van der Waals surface area (Å²) < 4.78 is 7.74. The number of nitrogens with zero attached hydrogens (tertiary/aromatic N) is 1. The molecule has 2 rings (SSSR count). The SMILES string of the molecule is COCCNC(=O)CCNC(=O)c1cc(Br)cn1C1CC1. The van der Waals surface area contributed by atoms with Crippen LogP contribution in [-0.2, 0) is 9.53 Å². The van der Waals surface area contributed by atoms with Crippen LogP contribution in [-0.4, -0.2) is 43.2 Å². The van der Waals surface area contributed by atoms with Crippen molar-refractivity contribution in [2.45, 2.75) is 25.3 Å². The third-order valence-corrected chi connectivity index (χ3v) is 3.69. The van der Waals surface area contributed by atoms with E-state index in [2.05, 4.69) is 26.6 Å². The Kier molecular flexibility index (Phi) is 5.81. The Hall–Kier alpha value is -1.34. The fourth-order valence-corrected chi connectivity index (χ4v) is 2.48. The predicted octanol–water partition coefficient (Wildman–Crippen LogP) is 1.47. The van der Waals surface area contributed by atoms with Crippen molar-refractivity contribution >= 4 is 27.7 Å². The number of rotatable bonds is 8. The van der Waals surface area contributed by atoms with E-state index < -0.39 is 0 Å². The second kappa shape index (κ2) is 7.61. The van der Waals surface area contributed by atoms with E-state index in [9.17, 15) is 9.59 Å². The maximum absolute atomic E-state index is 12.1. The number of carbonyl (C=O) groups excluding carboxylic acids is 2. The number of ether oxygens (including phenoxy) is 1. The maximum atomic E-state index is 12.1. The summed E-state index contributed by atoms with van der Waals surface area (Å²) in [4.78, 5) is 23.6. The fraction of sp³-hybridized carbons (Fsp3) is 0.571. The average molecular weight is 358 g/mol. The molecule has 0 saturated heterocycles. The first-order valence-electron chi connectivity index (χ1n) is 7.03. The quantitative estimate of drug-likeness (QED) is 0.692. The molecule has 21 heavy (non-hydrogen) atoms. The van der Waals surface area contributed by atoms with Crippen LogP contribution < -0.4 is 10.6 Å². The van der Waals surface area contributed by atoms with Gasteiger partial charge in [-0.3, -0.25) is 9.59 Å². The number of hydrogen-bond donors (Lipinski definition) is 2. The predicted molar refractivity (Wildman–Crippen MR) is 82.2 cm³/mol. The molecule has 1 aromatic rings. The Labute approximate surface area is 132 Å². The van der Waals surface area contributed by atoms with Gasteiger partial charge in [0.1, 0.15) is 5.69 Å². The standard InChI is InChI=1S/C14H20BrN3O3/c1-21-7-6-16-13(19)4-5-17-14(20)12-8-10(15)9-18(12)11-2-3-11/h8-9,11H,2-7H2,1H3,(H,16,19)(H,17,20). The molecule has 0 unspecified atom stereocenters. The van der Waals surface area contributed by atoms with Gasteiger partial charge in [-0.1, -0.05) is 0 Å². The largest absolute Gasteiger partial charge is 0.383 e. The minimum absolute atomic E-state index is 0.0916. The van der Waals surface area contributed by atoms with Crippen LogP contribution in [0.2, 0.25) is 0 Å². The number of carbonyl (C=O) groups is 2. The molecule has 2 N–H and O–H groups in total. The molecule has 1 saturated carbocycles. The Morgan fingerprint density at radius 3 is 2.81 bits per heavy atom. The lowest BCUT2D eigenvalue weighted by Gasteiger charge is -2.09. The molecule has 0 radical (unpaired) electrons. The van der Waals surface area contributed by atoms with Crippen LogP contribution in [0.1, 0.15) is 35.8 Å². The molecule has 7 heteroatoms. The molecule has 2 amide bonds. The highest BCUT2D eigenvalue weighted by atomic mass is 79.9. The minimum atomic E-state index is -0.141. The van der Waals surface area contributed by atoms with Gasteiger partial charge in [0.2, 0.25) is 5.91 Å². The average Bonchev–Trinajstić information content (AvgIpc) is 3.21. The highest BCUT2D eigenvalue weighted by Gasteiger charge is 2.27. The highest BCUT2D eigenvalue weighted by molar-refractivity contribution is 9.10. The zero-order valence-electron chi connectivity index (χ0n) is 12.0. The van der Waals surface area contributed by atoms with Crippen molar-refractivity contribution in [1.29, 1.82) is 0 Å². The van der Waals surface area contributed by atoms with Crippen LogP contribution >= 0.6 is 15.9 Å². The second-order valence-corrected chi connectivity index (χ2v) is 5.95. The molecule has 1 fully saturated rings. The summed E-state index contributed by atoms with van der Waals surface area (Å²) in [6, 6.07) is 2.25. The van der Waals surface area contributed by atoms with Crippen LogP contribution in [0.4, 0.5) is 0 Å². The monoisotopic (exact) mass is 357 g/mol. The molecule has 0 aromatic carbocycles. The molecule has 1 aliphatic rings. The minimum Gasteiger partial charge on any atom is -0.383 e. The molecule has 6 nitrogen and oxygen atoms in total. The van der Waals surface area contributed by atoms with Crippen LogP contribution in [0.3, 0.4) is 0 Å². The lowest BCUT2D eigenvalue weighted by atomic mass is 10.3. The van der Waals surface area contributed by atoms with Gasteiger partial charge in [0, 0.05) is 43.3 Å². The van der Waals surface area contributed by atoms with Crippen molar-refractivity contribution in [3.8, 4) is 0 Å². The van der Waals surface area contributed by atoms with Gasteiger partial charge in [-0.15, -0.1) is 0 Å². The highest BCUT2D eigenvalue weighted by Crippen LogP contribution is 2.37. The van der Waals surface area contributed by atoms with Crippen molar-refractivity contribution < 1.29 is 14.3 Å². The number of methoxy groups -OCH3 is 1. The Morgan fingerprint density at radius 1 is 1.38 bits per heavy atom. The van der Waals surface area contributed by atoms with Crippen molar-refractivity contribution in [2.24, 2.45) is 0 Å². The zero-order valence-corrected chi connectivity index (χ0v) is 13.6. The lowest BCUT2D eigenvalue weighted by Crippen LogP contribution is -2.32. The van der Waals surface area contributed by atoms with Gasteiger partial charge < -0.3 is 19.9 Å². The summed E-state index contributed by atoms with van der Waals surface area (Å²) in [5.74, 6) is -0.233. The number of halogens is 1. The van der Waals surface area contributed by atoms with Gasteiger partial charge in [-0.25, -0.2) is 0 Å². The molecular formula is C14H20BrN3O3. The first-order chi connectivity index (χ1) is 10.1. The third kappa shape index (κ3) is 4.86. The Bertz CT molecular complexity index is 512. The summed E-state index contributed by atoms with van der Waals surface area (Å²) in [5.41, 5.74) is 0.643. The molecule has 0 aliphatic heterocycles. The lowest BCUT2D eigenvalue weighted by molar-refractivity contribution is -0.121. The molecule has 0 atom stereocenters. The molecule has 1 heterocycles. The van der Waals surface area contributed by atoms with E-state index in [1.807, 2.05) is 16.8 Å². The van der Waals surface area contributed by atoms with Crippen molar-refractivity contribution in [3.05, 3.63) is 22.4 Å². The summed E-state index contributed by atoms with van der Waals surface area (Å²) in [6.45, 7) is 1.30. The summed E-state index contributed by atoms with van der Waals surface area (Å²) in [5, 5.41) is 5.50. The Morgan fingerprint density at radius 2 is 2.14 bits per heavy atom. The fourth-order valence-electron chi connectivity index (χ4n) is 2.04. The van der Waals surface area contributed by atoms with Gasteiger partial charge >= 0.3 is 0 Å². The van der Waals surface area contributed by atoms with Crippen LogP contribution in [0, 0.1) is 0 Å². The van der Waals surface area contributed by atoms with Crippen LogP contribution in [0.25, 0.3) is 0 Å². The van der Waals surface area contributed by atoms with Gasteiger partial charge in [0.25, 0.3) is 5.91 Å². The summed E-state index contributed by atoms with van der Waals surface area (Å²) >= 11 is 3.40. The van der Waals surface area contributed by atoms with Crippen LogP contribution in [0.5, 0.6) is 0 Å². The topological polar surface area (TPSA) is 72.4 Å². The molecule has 0 bridgehead atoms. The second-order valence-electron chi connectivity index (χ2n) is 5.03. The molecule has 1 aromatic heterocycles. The van der Waals surface area contributed by atoms with Crippen molar-refractivity contribution in [1.82, 2.24) is 15.2 Å². The van der Waals surface area contributed by atoms with E-state index in [0.29, 0.717) is 31.4 Å². The van der Waals surface area contributed by atoms with E-state index in [1.165, 1.54) is 0 Å². The van der Waals surface area contributed by atoms with Crippen molar-refractivity contribution in [2.75, 3.05) is 26.8 Å². The number of amides is 2. The maximum Gasteiger partial charge on any atom is 0.267 e. The van der Waals surface area contributed by atoms with E-state index in [0.717, 1.165) is 17.3 Å². The van der Waals surface area contributed by atoms with Gasteiger partial charge in [0.15, 0.2) is 0 Å².